The fourth-order valence-electron chi connectivity index (χ4n) is 3.44. The molecule has 4 rings (SSSR count). The highest BCUT2D eigenvalue weighted by Gasteiger charge is 2.22. The van der Waals surface area contributed by atoms with Gasteiger partial charge < -0.3 is 9.64 Å². The average molecular weight is 385 g/mol. The highest BCUT2D eigenvalue weighted by atomic mass is 32.1. The first-order valence-electron chi connectivity index (χ1n) is 9.00. The van der Waals surface area contributed by atoms with Crippen LogP contribution in [0.3, 0.4) is 0 Å². The molecular weight excluding hydrogens is 365 g/mol. The van der Waals surface area contributed by atoms with E-state index >= 15 is 0 Å². The summed E-state index contributed by atoms with van der Waals surface area (Å²) in [5, 5.41) is 2.71. The molecule has 1 aliphatic heterocycles. The van der Waals surface area contributed by atoms with Gasteiger partial charge in [-0.3, -0.25) is 4.79 Å². The number of likely N-dealkylation sites (tertiary alicyclic amines) is 1. The standard InChI is InChI=1S/C20H20FN3O2S/c1-13-3-2-8-24(9-13)17(25)10-26-19-18-16(11-27-20(18)23-12-22-19)14-4-6-15(21)7-5-14/h4-7,11-13H,2-3,8-10H2,1H3. The largest absolute Gasteiger partial charge is 0.467 e. The maximum Gasteiger partial charge on any atom is 0.260 e. The van der Waals surface area contributed by atoms with Gasteiger partial charge in [-0.1, -0.05) is 19.1 Å². The van der Waals surface area contributed by atoms with E-state index in [1.165, 1.54) is 29.8 Å². The number of hydrogen-bond donors (Lipinski definition) is 0. The number of piperidine rings is 1. The lowest BCUT2D eigenvalue weighted by Crippen LogP contribution is -2.41. The summed E-state index contributed by atoms with van der Waals surface area (Å²) in [5.74, 6) is 0.605. The molecule has 1 aliphatic rings. The van der Waals surface area contributed by atoms with Crippen LogP contribution in [0.1, 0.15) is 19.8 Å². The second-order valence-corrected chi connectivity index (χ2v) is 7.75. The molecule has 7 heteroatoms. The number of carbonyl (C=O) groups excluding carboxylic acids is 1. The molecule has 0 spiro atoms. The van der Waals surface area contributed by atoms with Crippen LogP contribution >= 0.6 is 11.3 Å². The third-order valence-corrected chi connectivity index (χ3v) is 5.72. The van der Waals surface area contributed by atoms with Gasteiger partial charge in [0.1, 0.15) is 17.0 Å². The predicted molar refractivity (Wildman–Crippen MR) is 103 cm³/mol. The molecular formula is C20H20FN3O2S. The summed E-state index contributed by atoms with van der Waals surface area (Å²) in [4.78, 5) is 23.7. The molecule has 0 saturated carbocycles. The SMILES string of the molecule is CC1CCCN(C(=O)COc2ncnc3scc(-c4ccc(F)cc4)c23)C1. The molecule has 1 saturated heterocycles. The van der Waals surface area contributed by atoms with Crippen molar-refractivity contribution in [3.8, 4) is 17.0 Å². The number of thiophene rings is 1. The van der Waals surface area contributed by atoms with E-state index in [-0.39, 0.29) is 18.3 Å². The molecule has 5 nitrogen and oxygen atoms in total. The Kier molecular flexibility index (Phi) is 5.03. The van der Waals surface area contributed by atoms with Crippen molar-refractivity contribution in [1.82, 2.24) is 14.9 Å². The van der Waals surface area contributed by atoms with E-state index in [1.807, 2.05) is 10.3 Å². The van der Waals surface area contributed by atoms with Gasteiger partial charge in [-0.15, -0.1) is 11.3 Å². The number of rotatable bonds is 4. The van der Waals surface area contributed by atoms with Crippen molar-refractivity contribution in [2.24, 2.45) is 5.92 Å². The maximum atomic E-state index is 13.2. The second kappa shape index (κ2) is 7.60. The first kappa shape index (κ1) is 17.9. The second-order valence-electron chi connectivity index (χ2n) is 6.89. The number of carbonyl (C=O) groups is 1. The number of aromatic nitrogens is 2. The minimum Gasteiger partial charge on any atom is -0.467 e. The van der Waals surface area contributed by atoms with Crippen molar-refractivity contribution < 1.29 is 13.9 Å². The van der Waals surface area contributed by atoms with E-state index in [9.17, 15) is 9.18 Å². The molecule has 3 heterocycles. The Balaban J connectivity index is 1.57. The summed E-state index contributed by atoms with van der Waals surface area (Å²) < 4.78 is 19.1. The fourth-order valence-corrected chi connectivity index (χ4v) is 4.34. The smallest absolute Gasteiger partial charge is 0.260 e. The number of fused-ring (bicyclic) bond motifs is 1. The van der Waals surface area contributed by atoms with Crippen LogP contribution in [0.15, 0.2) is 36.0 Å². The highest BCUT2D eigenvalue weighted by Crippen LogP contribution is 2.37. The van der Waals surface area contributed by atoms with Crippen molar-refractivity contribution in [3.05, 3.63) is 41.8 Å². The molecule has 2 aromatic heterocycles. The van der Waals surface area contributed by atoms with Crippen LogP contribution in [0.4, 0.5) is 4.39 Å². The van der Waals surface area contributed by atoms with E-state index in [1.54, 1.807) is 12.1 Å². The summed E-state index contributed by atoms with van der Waals surface area (Å²) >= 11 is 1.47. The molecule has 1 amide bonds. The van der Waals surface area contributed by atoms with Gasteiger partial charge in [0.15, 0.2) is 6.61 Å². The van der Waals surface area contributed by atoms with Gasteiger partial charge in [0, 0.05) is 24.0 Å². The van der Waals surface area contributed by atoms with E-state index in [0.717, 1.165) is 47.3 Å². The highest BCUT2D eigenvalue weighted by molar-refractivity contribution is 7.17. The summed E-state index contributed by atoms with van der Waals surface area (Å²) in [6.45, 7) is 3.68. The molecule has 0 bridgehead atoms. The van der Waals surface area contributed by atoms with Crippen molar-refractivity contribution in [1.29, 1.82) is 0 Å². The number of amides is 1. The molecule has 1 fully saturated rings. The third-order valence-electron chi connectivity index (χ3n) is 4.83. The Morgan fingerprint density at radius 3 is 2.93 bits per heavy atom. The Labute approximate surface area is 160 Å². The van der Waals surface area contributed by atoms with Crippen LogP contribution in [0.5, 0.6) is 5.88 Å². The minimum atomic E-state index is -0.285. The molecule has 27 heavy (non-hydrogen) atoms. The van der Waals surface area contributed by atoms with Crippen LogP contribution < -0.4 is 4.74 Å². The normalized spacial score (nSPS) is 17.3. The van der Waals surface area contributed by atoms with Gasteiger partial charge >= 0.3 is 0 Å². The molecule has 0 aliphatic carbocycles. The topological polar surface area (TPSA) is 55.3 Å². The van der Waals surface area contributed by atoms with Gasteiger partial charge in [-0.25, -0.2) is 14.4 Å². The number of halogens is 1. The van der Waals surface area contributed by atoms with Crippen molar-refractivity contribution in [2.45, 2.75) is 19.8 Å². The van der Waals surface area contributed by atoms with E-state index < -0.39 is 0 Å². The molecule has 1 unspecified atom stereocenters. The van der Waals surface area contributed by atoms with Gasteiger partial charge in [0.25, 0.3) is 5.91 Å². The van der Waals surface area contributed by atoms with Gasteiger partial charge in [0.2, 0.25) is 5.88 Å². The first-order valence-corrected chi connectivity index (χ1v) is 9.88. The molecule has 0 radical (unpaired) electrons. The Morgan fingerprint density at radius 1 is 1.33 bits per heavy atom. The lowest BCUT2D eigenvalue weighted by molar-refractivity contribution is -0.135. The van der Waals surface area contributed by atoms with Crippen LogP contribution in [-0.2, 0) is 4.79 Å². The lowest BCUT2D eigenvalue weighted by atomic mass is 10.0. The zero-order valence-corrected chi connectivity index (χ0v) is 15.8. The number of hydrogen-bond acceptors (Lipinski definition) is 5. The van der Waals surface area contributed by atoms with Crippen molar-refractivity contribution >= 4 is 27.5 Å². The van der Waals surface area contributed by atoms with Crippen LogP contribution in [0, 0.1) is 11.7 Å². The van der Waals surface area contributed by atoms with E-state index in [0.29, 0.717) is 11.8 Å². The fraction of sp³-hybridized carbons (Fsp3) is 0.350. The van der Waals surface area contributed by atoms with Gasteiger partial charge in [-0.05, 0) is 36.5 Å². The number of ether oxygens (including phenoxy) is 1. The molecule has 140 valence electrons. The lowest BCUT2D eigenvalue weighted by Gasteiger charge is -2.30. The molecule has 0 N–H and O–H groups in total. The minimum absolute atomic E-state index is 0.0214. The quantitative estimate of drug-likeness (QED) is 0.677. The predicted octanol–water partition coefficient (Wildman–Crippen LogP) is 4.13. The molecule has 1 aromatic carbocycles. The van der Waals surface area contributed by atoms with Gasteiger partial charge in [0.05, 0.1) is 5.39 Å². The van der Waals surface area contributed by atoms with Gasteiger partial charge in [-0.2, -0.15) is 0 Å². The first-order chi connectivity index (χ1) is 13.1. The number of benzene rings is 1. The van der Waals surface area contributed by atoms with Crippen LogP contribution in [-0.4, -0.2) is 40.5 Å². The summed E-state index contributed by atoms with van der Waals surface area (Å²) in [5.41, 5.74) is 1.74. The Bertz CT molecular complexity index is 958. The molecule has 3 aromatic rings. The van der Waals surface area contributed by atoms with Crippen LogP contribution in [0.2, 0.25) is 0 Å². The monoisotopic (exact) mass is 385 g/mol. The zero-order valence-electron chi connectivity index (χ0n) is 15.0. The van der Waals surface area contributed by atoms with E-state index in [2.05, 4.69) is 16.9 Å². The summed E-state index contributed by atoms with van der Waals surface area (Å²) in [7, 11) is 0. The van der Waals surface area contributed by atoms with Crippen molar-refractivity contribution in [2.75, 3.05) is 19.7 Å². The van der Waals surface area contributed by atoms with Crippen molar-refractivity contribution in [3.63, 3.8) is 0 Å². The summed E-state index contributed by atoms with van der Waals surface area (Å²) in [6.07, 6.45) is 3.63. The Morgan fingerprint density at radius 2 is 2.15 bits per heavy atom. The zero-order chi connectivity index (χ0) is 18.8. The average Bonchev–Trinajstić information content (AvgIpc) is 3.11. The number of nitrogens with zero attached hydrogens (tertiary/aromatic N) is 3. The van der Waals surface area contributed by atoms with Crippen LogP contribution in [0.25, 0.3) is 21.3 Å². The third kappa shape index (κ3) is 3.78. The van der Waals surface area contributed by atoms with E-state index in [4.69, 9.17) is 4.74 Å². The Hall–Kier alpha value is -2.54. The molecule has 1 atom stereocenters. The maximum absolute atomic E-state index is 13.2. The summed E-state index contributed by atoms with van der Waals surface area (Å²) in [6, 6.07) is 6.27.